The van der Waals surface area contributed by atoms with Crippen LogP contribution in [0.5, 0.6) is 0 Å². The first-order chi connectivity index (χ1) is 8.60. The number of benzene rings is 1. The molecule has 0 unspecified atom stereocenters. The molecule has 0 radical (unpaired) electrons. The summed E-state index contributed by atoms with van der Waals surface area (Å²) >= 11 is 0. The van der Waals surface area contributed by atoms with Gasteiger partial charge in [0, 0.05) is 0 Å². The van der Waals surface area contributed by atoms with E-state index in [9.17, 15) is 0 Å². The Hall–Kier alpha value is -1.08. The van der Waals surface area contributed by atoms with Gasteiger partial charge < -0.3 is 5.32 Å². The van der Waals surface area contributed by atoms with E-state index >= 15 is 0 Å². The fourth-order valence-electron chi connectivity index (χ4n) is 4.11. The quantitative estimate of drug-likeness (QED) is 0.738. The molecule has 0 aromatic heterocycles. The van der Waals surface area contributed by atoms with Crippen molar-refractivity contribution < 1.29 is 0 Å². The highest BCUT2D eigenvalue weighted by molar-refractivity contribution is 5.43. The molecule has 0 spiro atoms. The molecule has 2 aliphatic rings. The number of rotatable bonds is 1. The molecule has 1 heteroatoms. The first-order valence-electron chi connectivity index (χ1n) is 7.04. The highest BCUT2D eigenvalue weighted by atomic mass is 15.0. The molecule has 0 saturated carbocycles. The topological polar surface area (TPSA) is 12.0 Å². The maximum Gasteiger partial charge on any atom is 0.0501 e. The number of nitrogens with one attached hydrogen (secondary N) is 1. The van der Waals surface area contributed by atoms with Crippen molar-refractivity contribution >= 4 is 0 Å². The van der Waals surface area contributed by atoms with Crippen molar-refractivity contribution in [1.29, 1.82) is 0 Å². The van der Waals surface area contributed by atoms with Crippen molar-refractivity contribution in [2.45, 2.75) is 44.1 Å². The number of hydrogen-bond acceptors (Lipinski definition) is 1. The van der Waals surface area contributed by atoms with Crippen LogP contribution in [0.25, 0.3) is 0 Å². The van der Waals surface area contributed by atoms with E-state index in [4.69, 9.17) is 0 Å². The van der Waals surface area contributed by atoms with Gasteiger partial charge in [0.15, 0.2) is 0 Å². The molecule has 1 aromatic carbocycles. The predicted molar refractivity (Wildman–Crippen MR) is 76.7 cm³/mol. The van der Waals surface area contributed by atoms with Crippen LogP contribution in [0.15, 0.2) is 36.4 Å². The Bertz CT molecular complexity index is 486. The zero-order valence-corrected chi connectivity index (χ0v) is 11.7. The van der Waals surface area contributed by atoms with Gasteiger partial charge in [0.05, 0.1) is 5.54 Å². The van der Waals surface area contributed by atoms with Crippen LogP contribution in [0.3, 0.4) is 0 Å². The SMILES string of the molecule is CN[C@]12CC=CC[C@H]1CC(C)(C)c1ccccc12. The Morgan fingerprint density at radius 2 is 1.83 bits per heavy atom. The van der Waals surface area contributed by atoms with Crippen LogP contribution < -0.4 is 5.32 Å². The maximum absolute atomic E-state index is 3.66. The van der Waals surface area contributed by atoms with Gasteiger partial charge in [0.2, 0.25) is 0 Å². The van der Waals surface area contributed by atoms with Gasteiger partial charge in [-0.25, -0.2) is 0 Å². The van der Waals surface area contributed by atoms with Crippen molar-refractivity contribution in [3.63, 3.8) is 0 Å². The monoisotopic (exact) mass is 241 g/mol. The minimum Gasteiger partial charge on any atom is -0.310 e. The van der Waals surface area contributed by atoms with Gasteiger partial charge in [0.1, 0.15) is 0 Å². The van der Waals surface area contributed by atoms with Gasteiger partial charge in [-0.1, -0.05) is 50.3 Å². The standard InChI is InChI=1S/C17H23N/c1-16(2)12-13-8-6-7-11-17(13,18-3)15-10-5-4-9-14(15)16/h4-7,9-10,13,18H,8,11-12H2,1-3H3/t13-,17+/m0/s1. The first kappa shape index (κ1) is 12.0. The van der Waals surface area contributed by atoms with Crippen molar-refractivity contribution in [2.75, 3.05) is 7.05 Å². The molecule has 1 aromatic rings. The second kappa shape index (κ2) is 3.96. The van der Waals surface area contributed by atoms with Crippen LogP contribution in [0, 0.1) is 5.92 Å². The van der Waals surface area contributed by atoms with E-state index in [1.54, 1.807) is 0 Å². The molecular formula is C17H23N. The molecule has 1 N–H and O–H groups in total. The summed E-state index contributed by atoms with van der Waals surface area (Å²) in [5.74, 6) is 0.720. The summed E-state index contributed by atoms with van der Waals surface area (Å²) in [6, 6.07) is 9.03. The van der Waals surface area contributed by atoms with Crippen LogP contribution in [0.1, 0.15) is 44.2 Å². The summed E-state index contributed by atoms with van der Waals surface area (Å²) in [5, 5.41) is 3.66. The smallest absolute Gasteiger partial charge is 0.0501 e. The summed E-state index contributed by atoms with van der Waals surface area (Å²) in [6.45, 7) is 4.79. The number of fused-ring (bicyclic) bond motifs is 3. The van der Waals surface area contributed by atoms with E-state index in [1.807, 2.05) is 0 Å². The summed E-state index contributed by atoms with van der Waals surface area (Å²) in [6.07, 6.45) is 8.32. The van der Waals surface area contributed by atoms with E-state index in [2.05, 4.69) is 62.6 Å². The Labute approximate surface area is 110 Å². The van der Waals surface area contributed by atoms with E-state index in [0.29, 0.717) is 5.41 Å². The third-order valence-corrected chi connectivity index (χ3v) is 5.06. The minimum absolute atomic E-state index is 0.168. The average molecular weight is 241 g/mol. The average Bonchev–Trinajstić information content (AvgIpc) is 2.39. The van der Waals surface area contributed by atoms with Gasteiger partial charge in [-0.05, 0) is 48.8 Å². The Kier molecular flexibility index (Phi) is 2.63. The van der Waals surface area contributed by atoms with Gasteiger partial charge >= 0.3 is 0 Å². The Balaban J connectivity index is 2.22. The lowest BCUT2D eigenvalue weighted by Crippen LogP contribution is -2.53. The van der Waals surface area contributed by atoms with Crippen LogP contribution in [-0.2, 0) is 11.0 Å². The lowest BCUT2D eigenvalue weighted by Gasteiger charge is -2.52. The molecule has 0 saturated heterocycles. The van der Waals surface area contributed by atoms with Gasteiger partial charge in [-0.3, -0.25) is 0 Å². The molecule has 3 rings (SSSR count). The largest absolute Gasteiger partial charge is 0.310 e. The van der Waals surface area contributed by atoms with Crippen molar-refractivity contribution in [3.8, 4) is 0 Å². The lowest BCUT2D eigenvalue weighted by molar-refractivity contribution is 0.148. The number of hydrogen-bond donors (Lipinski definition) is 1. The zero-order valence-electron chi connectivity index (χ0n) is 11.7. The molecule has 2 atom stereocenters. The molecule has 2 aliphatic carbocycles. The summed E-state index contributed by atoms with van der Waals surface area (Å²) < 4.78 is 0. The third kappa shape index (κ3) is 1.50. The molecule has 1 nitrogen and oxygen atoms in total. The second-order valence-electron chi connectivity index (χ2n) is 6.46. The molecular weight excluding hydrogens is 218 g/mol. The second-order valence-corrected chi connectivity index (χ2v) is 6.46. The van der Waals surface area contributed by atoms with Crippen LogP contribution in [0.2, 0.25) is 0 Å². The molecule has 18 heavy (non-hydrogen) atoms. The predicted octanol–water partition coefficient (Wildman–Crippen LogP) is 3.75. The lowest BCUT2D eigenvalue weighted by atomic mass is 9.57. The van der Waals surface area contributed by atoms with E-state index in [-0.39, 0.29) is 5.54 Å². The van der Waals surface area contributed by atoms with Crippen LogP contribution in [-0.4, -0.2) is 7.05 Å². The van der Waals surface area contributed by atoms with Crippen molar-refractivity contribution in [3.05, 3.63) is 47.5 Å². The highest BCUT2D eigenvalue weighted by Gasteiger charge is 2.48. The highest BCUT2D eigenvalue weighted by Crippen LogP contribution is 2.52. The van der Waals surface area contributed by atoms with E-state index < -0.39 is 0 Å². The van der Waals surface area contributed by atoms with Gasteiger partial charge in [-0.15, -0.1) is 0 Å². The van der Waals surface area contributed by atoms with Crippen molar-refractivity contribution in [2.24, 2.45) is 5.92 Å². The van der Waals surface area contributed by atoms with E-state index in [0.717, 1.165) is 12.3 Å². The summed E-state index contributed by atoms with van der Waals surface area (Å²) in [5.41, 5.74) is 3.53. The molecule has 0 amide bonds. The molecule has 0 aliphatic heterocycles. The first-order valence-corrected chi connectivity index (χ1v) is 7.04. The Morgan fingerprint density at radius 1 is 1.11 bits per heavy atom. The van der Waals surface area contributed by atoms with Crippen LogP contribution in [0.4, 0.5) is 0 Å². The summed E-state index contributed by atoms with van der Waals surface area (Å²) in [4.78, 5) is 0. The summed E-state index contributed by atoms with van der Waals surface area (Å²) in [7, 11) is 2.13. The van der Waals surface area contributed by atoms with Crippen LogP contribution >= 0.6 is 0 Å². The molecule has 96 valence electrons. The molecule has 0 bridgehead atoms. The molecule has 0 fully saturated rings. The number of allylic oxidation sites excluding steroid dienone is 1. The Morgan fingerprint density at radius 3 is 2.56 bits per heavy atom. The zero-order chi connectivity index (χ0) is 12.8. The maximum atomic E-state index is 3.66. The molecule has 0 heterocycles. The normalized spacial score (nSPS) is 32.7. The van der Waals surface area contributed by atoms with Crippen molar-refractivity contribution in [1.82, 2.24) is 5.32 Å². The van der Waals surface area contributed by atoms with E-state index in [1.165, 1.54) is 24.0 Å². The third-order valence-electron chi connectivity index (χ3n) is 5.06. The fourth-order valence-corrected chi connectivity index (χ4v) is 4.11. The van der Waals surface area contributed by atoms with Gasteiger partial charge in [-0.2, -0.15) is 0 Å². The fraction of sp³-hybridized carbons (Fsp3) is 0.529. The van der Waals surface area contributed by atoms with Gasteiger partial charge in [0.25, 0.3) is 0 Å². The minimum atomic E-state index is 0.168.